The van der Waals surface area contributed by atoms with Crippen molar-refractivity contribution in [3.8, 4) is 0 Å². The highest BCUT2D eigenvalue weighted by Crippen LogP contribution is 2.18. The molecule has 0 unspecified atom stereocenters. The van der Waals surface area contributed by atoms with Gasteiger partial charge in [-0.1, -0.05) is 0 Å². The molecule has 1 aromatic heterocycles. The monoisotopic (exact) mass is 291 g/mol. The molecule has 0 atom stereocenters. The number of nitrogen functional groups attached to an aromatic ring is 1. The number of imidazole rings is 1. The molecule has 2 aromatic rings. The second-order valence-electron chi connectivity index (χ2n) is 4.91. The summed E-state index contributed by atoms with van der Waals surface area (Å²) in [7, 11) is 3.72. The number of aromatic nitrogens is 2. The molecule has 0 saturated carbocycles. The largest absolute Gasteiger partial charge is 0.397 e. The van der Waals surface area contributed by atoms with Gasteiger partial charge in [0, 0.05) is 19.4 Å². The second kappa shape index (κ2) is 6.36. The Kier molecular flexibility index (Phi) is 4.54. The number of carbonyl (C=O) groups is 1. The number of nitrogens with zero attached hydrogens (tertiary/aromatic N) is 3. The number of halogens is 1. The lowest BCUT2D eigenvalue weighted by molar-refractivity contribution is -0.117. The van der Waals surface area contributed by atoms with E-state index >= 15 is 0 Å². The van der Waals surface area contributed by atoms with Crippen LogP contribution < -0.4 is 11.1 Å². The highest BCUT2D eigenvalue weighted by Gasteiger charge is 2.11. The first-order chi connectivity index (χ1) is 9.95. The van der Waals surface area contributed by atoms with Crippen LogP contribution >= 0.6 is 0 Å². The van der Waals surface area contributed by atoms with Gasteiger partial charge in [0.1, 0.15) is 11.6 Å². The zero-order valence-electron chi connectivity index (χ0n) is 12.0. The zero-order chi connectivity index (χ0) is 15.4. The molecule has 0 aliphatic carbocycles. The van der Waals surface area contributed by atoms with Gasteiger partial charge < -0.3 is 15.6 Å². The molecule has 112 valence electrons. The van der Waals surface area contributed by atoms with Gasteiger partial charge in [-0.05, 0) is 25.2 Å². The molecule has 1 amide bonds. The Hall–Kier alpha value is -2.41. The lowest BCUT2D eigenvalue weighted by Crippen LogP contribution is -2.30. The van der Waals surface area contributed by atoms with E-state index in [0.717, 1.165) is 5.82 Å². The first-order valence-electron chi connectivity index (χ1n) is 6.45. The van der Waals surface area contributed by atoms with Crippen molar-refractivity contribution in [2.24, 2.45) is 7.05 Å². The number of likely N-dealkylation sites (N-methyl/N-ethyl adjacent to an activating group) is 1. The fraction of sp³-hybridized carbons (Fsp3) is 0.286. The number of amides is 1. The van der Waals surface area contributed by atoms with E-state index in [-0.39, 0.29) is 18.1 Å². The first kappa shape index (κ1) is 15.0. The summed E-state index contributed by atoms with van der Waals surface area (Å²) in [6.45, 7) is 0.736. The fourth-order valence-electron chi connectivity index (χ4n) is 1.93. The van der Waals surface area contributed by atoms with E-state index in [1.54, 1.807) is 6.20 Å². The number of nitrogens with one attached hydrogen (secondary N) is 1. The number of carbonyl (C=O) groups excluding carboxylic acids is 1. The van der Waals surface area contributed by atoms with E-state index in [1.165, 1.54) is 18.2 Å². The van der Waals surface area contributed by atoms with Gasteiger partial charge in [-0.2, -0.15) is 0 Å². The van der Waals surface area contributed by atoms with Gasteiger partial charge in [-0.3, -0.25) is 9.69 Å². The van der Waals surface area contributed by atoms with Crippen LogP contribution in [0.1, 0.15) is 5.82 Å². The number of hydrogen-bond acceptors (Lipinski definition) is 4. The molecule has 0 spiro atoms. The number of nitrogens with two attached hydrogens (primary N) is 1. The maximum absolute atomic E-state index is 12.9. The van der Waals surface area contributed by atoms with Crippen molar-refractivity contribution >= 4 is 17.3 Å². The van der Waals surface area contributed by atoms with Crippen LogP contribution in [-0.4, -0.2) is 34.0 Å². The van der Waals surface area contributed by atoms with E-state index < -0.39 is 5.82 Å². The Bertz CT molecular complexity index is 640. The average Bonchev–Trinajstić information content (AvgIpc) is 2.78. The normalized spacial score (nSPS) is 10.9. The standard InChI is InChI=1S/C14H18FN5O/c1-19(8-13-17-5-6-20(13)2)9-14(21)18-12-4-3-10(15)7-11(12)16/h3-7H,8-9,16H2,1-2H3,(H,18,21). The highest BCUT2D eigenvalue weighted by molar-refractivity contribution is 5.95. The summed E-state index contributed by atoms with van der Waals surface area (Å²) in [4.78, 5) is 18.0. The number of rotatable bonds is 5. The van der Waals surface area contributed by atoms with Gasteiger partial charge >= 0.3 is 0 Å². The quantitative estimate of drug-likeness (QED) is 0.812. The van der Waals surface area contributed by atoms with Crippen LogP contribution in [0, 0.1) is 5.82 Å². The lowest BCUT2D eigenvalue weighted by Gasteiger charge is -2.16. The van der Waals surface area contributed by atoms with Crippen LogP contribution in [0.25, 0.3) is 0 Å². The second-order valence-corrected chi connectivity index (χ2v) is 4.91. The van der Waals surface area contributed by atoms with Crippen molar-refractivity contribution in [3.63, 3.8) is 0 Å². The van der Waals surface area contributed by atoms with E-state index in [2.05, 4.69) is 10.3 Å². The first-order valence-corrected chi connectivity index (χ1v) is 6.45. The van der Waals surface area contributed by atoms with E-state index in [0.29, 0.717) is 12.2 Å². The third-order valence-corrected chi connectivity index (χ3v) is 3.03. The molecule has 0 radical (unpaired) electrons. The summed E-state index contributed by atoms with van der Waals surface area (Å²) < 4.78 is 14.8. The molecule has 0 aliphatic rings. The molecule has 0 aliphatic heterocycles. The zero-order valence-corrected chi connectivity index (χ0v) is 12.0. The molecule has 0 fully saturated rings. The minimum absolute atomic E-state index is 0.184. The number of anilines is 2. The Morgan fingerprint density at radius 1 is 1.52 bits per heavy atom. The van der Waals surface area contributed by atoms with E-state index in [1.807, 2.05) is 29.8 Å². The molecule has 2 rings (SSSR count). The van der Waals surface area contributed by atoms with Crippen LogP contribution in [0.4, 0.5) is 15.8 Å². The summed E-state index contributed by atoms with van der Waals surface area (Å²) in [5, 5.41) is 2.66. The number of hydrogen-bond donors (Lipinski definition) is 2. The molecule has 1 aromatic carbocycles. The molecule has 0 saturated heterocycles. The van der Waals surface area contributed by atoms with Crippen molar-refractivity contribution in [1.29, 1.82) is 0 Å². The average molecular weight is 291 g/mol. The van der Waals surface area contributed by atoms with Gasteiger partial charge in [0.05, 0.1) is 24.5 Å². The van der Waals surface area contributed by atoms with E-state index in [4.69, 9.17) is 5.73 Å². The molecular weight excluding hydrogens is 273 g/mol. The maximum Gasteiger partial charge on any atom is 0.238 e. The van der Waals surface area contributed by atoms with Crippen molar-refractivity contribution < 1.29 is 9.18 Å². The predicted octanol–water partition coefficient (Wildman–Crippen LogP) is 1.21. The molecular formula is C14H18FN5O. The predicted molar refractivity (Wildman–Crippen MR) is 79.0 cm³/mol. The molecule has 3 N–H and O–H groups in total. The fourth-order valence-corrected chi connectivity index (χ4v) is 1.93. The SMILES string of the molecule is CN(CC(=O)Nc1ccc(F)cc1N)Cc1nccn1C. The van der Waals surface area contributed by atoms with Gasteiger partial charge in [0.2, 0.25) is 5.91 Å². The van der Waals surface area contributed by atoms with Crippen molar-refractivity contribution in [3.05, 3.63) is 42.2 Å². The van der Waals surface area contributed by atoms with Gasteiger partial charge in [-0.15, -0.1) is 0 Å². The van der Waals surface area contributed by atoms with Crippen LogP contribution in [0.15, 0.2) is 30.6 Å². The van der Waals surface area contributed by atoms with Crippen LogP contribution in [0.5, 0.6) is 0 Å². The summed E-state index contributed by atoms with van der Waals surface area (Å²) in [5.74, 6) is 0.217. The lowest BCUT2D eigenvalue weighted by atomic mass is 10.2. The minimum Gasteiger partial charge on any atom is -0.397 e. The summed E-state index contributed by atoms with van der Waals surface area (Å²) in [5.41, 5.74) is 6.26. The topological polar surface area (TPSA) is 76.2 Å². The van der Waals surface area contributed by atoms with Crippen LogP contribution in [0.3, 0.4) is 0 Å². The van der Waals surface area contributed by atoms with Crippen molar-refractivity contribution in [2.75, 3.05) is 24.6 Å². The Morgan fingerprint density at radius 2 is 2.29 bits per heavy atom. The Morgan fingerprint density at radius 3 is 2.90 bits per heavy atom. The van der Waals surface area contributed by atoms with Crippen molar-refractivity contribution in [2.45, 2.75) is 6.54 Å². The summed E-state index contributed by atoms with van der Waals surface area (Å²) >= 11 is 0. The van der Waals surface area contributed by atoms with Crippen molar-refractivity contribution in [1.82, 2.24) is 14.5 Å². The Labute approximate surface area is 122 Å². The summed E-state index contributed by atoms with van der Waals surface area (Å²) in [6, 6.07) is 3.87. The smallest absolute Gasteiger partial charge is 0.238 e. The minimum atomic E-state index is -0.433. The van der Waals surface area contributed by atoms with Gasteiger partial charge in [-0.25, -0.2) is 9.37 Å². The Balaban J connectivity index is 1.90. The maximum atomic E-state index is 12.9. The molecule has 1 heterocycles. The van der Waals surface area contributed by atoms with Crippen LogP contribution in [0.2, 0.25) is 0 Å². The van der Waals surface area contributed by atoms with Crippen LogP contribution in [-0.2, 0) is 18.4 Å². The van der Waals surface area contributed by atoms with Gasteiger partial charge in [0.15, 0.2) is 0 Å². The number of benzene rings is 1. The molecule has 6 nitrogen and oxygen atoms in total. The highest BCUT2D eigenvalue weighted by atomic mass is 19.1. The molecule has 0 bridgehead atoms. The third-order valence-electron chi connectivity index (χ3n) is 3.03. The van der Waals surface area contributed by atoms with E-state index in [9.17, 15) is 9.18 Å². The number of aryl methyl sites for hydroxylation is 1. The molecule has 7 heteroatoms. The molecule has 21 heavy (non-hydrogen) atoms. The third kappa shape index (κ3) is 4.03. The van der Waals surface area contributed by atoms with Gasteiger partial charge in [0.25, 0.3) is 0 Å². The summed E-state index contributed by atoms with van der Waals surface area (Å²) in [6.07, 6.45) is 3.56.